The Hall–Kier alpha value is -0.860. The standard InChI is InChI=1S/C15H24N2/c1-10-8-13(9-11(2)12(10)3)15(17)6-4-14(16)5-7-15/h8-9,14H,4-7,16-17H2,1-3H3. The van der Waals surface area contributed by atoms with E-state index in [1.54, 1.807) is 0 Å². The number of hydrogen-bond acceptors (Lipinski definition) is 2. The second-order valence-electron chi connectivity index (χ2n) is 5.73. The smallest absolute Gasteiger partial charge is 0.0411 e. The molecule has 2 nitrogen and oxygen atoms in total. The van der Waals surface area contributed by atoms with Crippen LogP contribution in [0, 0.1) is 20.8 Å². The van der Waals surface area contributed by atoms with Crippen molar-refractivity contribution in [3.63, 3.8) is 0 Å². The van der Waals surface area contributed by atoms with Crippen LogP contribution in [0.25, 0.3) is 0 Å². The fourth-order valence-corrected chi connectivity index (χ4v) is 2.77. The van der Waals surface area contributed by atoms with Crippen molar-refractivity contribution in [3.05, 3.63) is 34.4 Å². The third-order valence-corrected chi connectivity index (χ3v) is 4.42. The van der Waals surface area contributed by atoms with Gasteiger partial charge in [-0.15, -0.1) is 0 Å². The Bertz CT molecular complexity index is 392. The van der Waals surface area contributed by atoms with Crippen LogP contribution in [0.2, 0.25) is 0 Å². The molecule has 4 N–H and O–H groups in total. The van der Waals surface area contributed by atoms with Crippen molar-refractivity contribution in [1.82, 2.24) is 0 Å². The van der Waals surface area contributed by atoms with Gasteiger partial charge in [-0.2, -0.15) is 0 Å². The molecule has 1 aromatic carbocycles. The Kier molecular flexibility index (Phi) is 3.28. The monoisotopic (exact) mass is 232 g/mol. The van der Waals surface area contributed by atoms with E-state index in [0.717, 1.165) is 25.7 Å². The second-order valence-corrected chi connectivity index (χ2v) is 5.73. The molecule has 0 heterocycles. The number of benzene rings is 1. The lowest BCUT2D eigenvalue weighted by atomic mass is 9.75. The summed E-state index contributed by atoms with van der Waals surface area (Å²) in [4.78, 5) is 0. The average Bonchev–Trinajstić information content (AvgIpc) is 2.29. The van der Waals surface area contributed by atoms with Gasteiger partial charge in [-0.1, -0.05) is 12.1 Å². The molecule has 1 aliphatic rings. The van der Waals surface area contributed by atoms with Crippen LogP contribution in [-0.2, 0) is 5.54 Å². The van der Waals surface area contributed by atoms with E-state index in [9.17, 15) is 0 Å². The summed E-state index contributed by atoms with van der Waals surface area (Å²) in [7, 11) is 0. The van der Waals surface area contributed by atoms with E-state index in [4.69, 9.17) is 11.5 Å². The first-order valence-corrected chi connectivity index (χ1v) is 6.55. The van der Waals surface area contributed by atoms with Gasteiger partial charge in [0.2, 0.25) is 0 Å². The quantitative estimate of drug-likeness (QED) is 0.782. The molecule has 0 unspecified atom stereocenters. The fraction of sp³-hybridized carbons (Fsp3) is 0.600. The largest absolute Gasteiger partial charge is 0.328 e. The Morgan fingerprint density at radius 3 is 2.00 bits per heavy atom. The highest BCUT2D eigenvalue weighted by Gasteiger charge is 2.32. The van der Waals surface area contributed by atoms with Gasteiger partial charge >= 0.3 is 0 Å². The minimum absolute atomic E-state index is 0.154. The summed E-state index contributed by atoms with van der Waals surface area (Å²) < 4.78 is 0. The molecule has 1 aliphatic carbocycles. The maximum atomic E-state index is 6.57. The van der Waals surface area contributed by atoms with E-state index in [0.29, 0.717) is 6.04 Å². The average molecular weight is 232 g/mol. The molecule has 1 aromatic rings. The van der Waals surface area contributed by atoms with Gasteiger partial charge in [0, 0.05) is 11.6 Å². The lowest BCUT2D eigenvalue weighted by Gasteiger charge is -2.37. The summed E-state index contributed by atoms with van der Waals surface area (Å²) in [5.74, 6) is 0. The molecule has 94 valence electrons. The van der Waals surface area contributed by atoms with E-state index in [1.807, 2.05) is 0 Å². The third-order valence-electron chi connectivity index (χ3n) is 4.42. The predicted molar refractivity (Wildman–Crippen MR) is 73.0 cm³/mol. The SMILES string of the molecule is Cc1cc(C2(N)CCC(N)CC2)cc(C)c1C. The third kappa shape index (κ3) is 2.38. The van der Waals surface area contributed by atoms with Crippen molar-refractivity contribution >= 4 is 0 Å². The first-order valence-electron chi connectivity index (χ1n) is 6.55. The molecule has 1 fully saturated rings. The first-order chi connectivity index (χ1) is 7.92. The Labute approximate surface area is 104 Å². The molecule has 17 heavy (non-hydrogen) atoms. The molecule has 2 rings (SSSR count). The van der Waals surface area contributed by atoms with Crippen LogP contribution in [0.15, 0.2) is 12.1 Å². The molecule has 0 aromatic heterocycles. The lowest BCUT2D eigenvalue weighted by Crippen LogP contribution is -2.43. The zero-order valence-corrected chi connectivity index (χ0v) is 11.2. The van der Waals surface area contributed by atoms with Crippen LogP contribution < -0.4 is 11.5 Å². The summed E-state index contributed by atoms with van der Waals surface area (Å²) in [6.45, 7) is 6.52. The number of nitrogens with two attached hydrogens (primary N) is 2. The second kappa shape index (κ2) is 4.43. The minimum Gasteiger partial charge on any atom is -0.328 e. The van der Waals surface area contributed by atoms with E-state index in [1.165, 1.54) is 22.3 Å². The molecule has 0 amide bonds. The van der Waals surface area contributed by atoms with Gasteiger partial charge in [0.05, 0.1) is 0 Å². The Morgan fingerprint density at radius 1 is 1.06 bits per heavy atom. The highest BCUT2D eigenvalue weighted by Crippen LogP contribution is 2.35. The number of aryl methyl sites for hydroxylation is 2. The van der Waals surface area contributed by atoms with E-state index >= 15 is 0 Å². The fourth-order valence-electron chi connectivity index (χ4n) is 2.77. The van der Waals surface area contributed by atoms with Crippen LogP contribution in [-0.4, -0.2) is 6.04 Å². The molecule has 0 spiro atoms. The van der Waals surface area contributed by atoms with Gasteiger partial charge in [0.15, 0.2) is 0 Å². The zero-order chi connectivity index (χ0) is 12.6. The van der Waals surface area contributed by atoms with Gasteiger partial charge in [0.25, 0.3) is 0 Å². The summed E-state index contributed by atoms with van der Waals surface area (Å²) in [5, 5.41) is 0. The summed E-state index contributed by atoms with van der Waals surface area (Å²) >= 11 is 0. The van der Waals surface area contributed by atoms with Gasteiger partial charge < -0.3 is 11.5 Å². The van der Waals surface area contributed by atoms with Crippen LogP contribution in [0.5, 0.6) is 0 Å². The molecule has 1 saturated carbocycles. The van der Waals surface area contributed by atoms with Crippen LogP contribution >= 0.6 is 0 Å². The molecule has 2 heteroatoms. The van der Waals surface area contributed by atoms with Gasteiger partial charge in [-0.05, 0) is 68.7 Å². The van der Waals surface area contributed by atoms with Crippen molar-refractivity contribution < 1.29 is 0 Å². The molecule has 0 saturated heterocycles. The van der Waals surface area contributed by atoms with Crippen LogP contribution in [0.4, 0.5) is 0 Å². The predicted octanol–water partition coefficient (Wildman–Crippen LogP) is 2.67. The zero-order valence-electron chi connectivity index (χ0n) is 11.2. The summed E-state index contributed by atoms with van der Waals surface area (Å²) in [5.41, 5.74) is 17.8. The van der Waals surface area contributed by atoms with E-state index < -0.39 is 0 Å². The number of hydrogen-bond donors (Lipinski definition) is 2. The van der Waals surface area contributed by atoms with E-state index in [2.05, 4.69) is 32.9 Å². The molecular weight excluding hydrogens is 208 g/mol. The van der Waals surface area contributed by atoms with Crippen LogP contribution in [0.1, 0.15) is 47.9 Å². The van der Waals surface area contributed by atoms with Gasteiger partial charge in [0.1, 0.15) is 0 Å². The molecule has 0 atom stereocenters. The topological polar surface area (TPSA) is 52.0 Å². The molecule has 0 bridgehead atoms. The van der Waals surface area contributed by atoms with Crippen molar-refractivity contribution in [2.75, 3.05) is 0 Å². The maximum absolute atomic E-state index is 6.57. The van der Waals surface area contributed by atoms with Crippen LogP contribution in [0.3, 0.4) is 0 Å². The van der Waals surface area contributed by atoms with Crippen molar-refractivity contribution in [1.29, 1.82) is 0 Å². The molecule has 0 aliphatic heterocycles. The van der Waals surface area contributed by atoms with Crippen molar-refractivity contribution in [2.45, 2.75) is 58.0 Å². The first kappa shape index (κ1) is 12.6. The lowest BCUT2D eigenvalue weighted by molar-refractivity contribution is 0.277. The van der Waals surface area contributed by atoms with Gasteiger partial charge in [-0.25, -0.2) is 0 Å². The minimum atomic E-state index is -0.154. The summed E-state index contributed by atoms with van der Waals surface area (Å²) in [6.07, 6.45) is 4.11. The summed E-state index contributed by atoms with van der Waals surface area (Å²) in [6, 6.07) is 4.87. The van der Waals surface area contributed by atoms with Gasteiger partial charge in [-0.3, -0.25) is 0 Å². The molecule has 0 radical (unpaired) electrons. The van der Waals surface area contributed by atoms with Crippen molar-refractivity contribution in [3.8, 4) is 0 Å². The van der Waals surface area contributed by atoms with E-state index in [-0.39, 0.29) is 5.54 Å². The maximum Gasteiger partial charge on any atom is 0.0411 e. The Morgan fingerprint density at radius 2 is 1.53 bits per heavy atom. The number of rotatable bonds is 1. The highest BCUT2D eigenvalue weighted by molar-refractivity contribution is 5.40. The normalized spacial score (nSPS) is 29.4. The highest BCUT2D eigenvalue weighted by atomic mass is 14.8. The van der Waals surface area contributed by atoms with Crippen molar-refractivity contribution in [2.24, 2.45) is 11.5 Å². The Balaban J connectivity index is 2.33. The molecular formula is C15H24N2.